The lowest BCUT2D eigenvalue weighted by atomic mass is 10.0. The number of nitrogens with one attached hydrogen (secondary N) is 2. The van der Waals surface area contributed by atoms with E-state index in [0.29, 0.717) is 18.0 Å². The molecule has 2 N–H and O–H groups in total. The van der Waals surface area contributed by atoms with Crippen LogP contribution in [0.3, 0.4) is 0 Å². The lowest BCUT2D eigenvalue weighted by molar-refractivity contribution is -0.154. The van der Waals surface area contributed by atoms with Crippen LogP contribution in [0, 0.1) is 5.92 Å². The molecule has 2 rings (SSSR count). The van der Waals surface area contributed by atoms with Gasteiger partial charge in [0.1, 0.15) is 0 Å². The second kappa shape index (κ2) is 7.44. The van der Waals surface area contributed by atoms with Crippen molar-refractivity contribution in [3.63, 3.8) is 0 Å². The van der Waals surface area contributed by atoms with Gasteiger partial charge in [0.2, 0.25) is 11.8 Å². The molecule has 122 valence electrons. The van der Waals surface area contributed by atoms with E-state index in [9.17, 15) is 18.0 Å². The maximum Gasteiger partial charge on any atom is 0.422 e. The molecule has 0 bridgehead atoms. The molecule has 0 spiro atoms. The zero-order valence-corrected chi connectivity index (χ0v) is 11.9. The van der Waals surface area contributed by atoms with E-state index in [0.717, 1.165) is 25.9 Å². The summed E-state index contributed by atoms with van der Waals surface area (Å²) in [6.45, 7) is 0.552. The third-order valence-corrected chi connectivity index (χ3v) is 3.35. The van der Waals surface area contributed by atoms with Gasteiger partial charge in [-0.2, -0.15) is 13.2 Å². The van der Waals surface area contributed by atoms with Crippen LogP contribution in [0.2, 0.25) is 0 Å². The third kappa shape index (κ3) is 5.88. The molecule has 0 saturated carbocycles. The van der Waals surface area contributed by atoms with Crippen LogP contribution in [-0.4, -0.2) is 36.8 Å². The summed E-state index contributed by atoms with van der Waals surface area (Å²) in [7, 11) is 0. The summed E-state index contributed by atoms with van der Waals surface area (Å²) in [6.07, 6.45) is -0.803. The predicted molar refractivity (Wildman–Crippen MR) is 74.6 cm³/mol. The van der Waals surface area contributed by atoms with Crippen LogP contribution in [0.15, 0.2) is 18.3 Å². The molecule has 2 heterocycles. The maximum absolute atomic E-state index is 12.0. The van der Waals surface area contributed by atoms with Gasteiger partial charge in [0.05, 0.1) is 11.9 Å². The molecule has 1 aliphatic rings. The van der Waals surface area contributed by atoms with Gasteiger partial charge in [0.25, 0.3) is 0 Å². The van der Waals surface area contributed by atoms with E-state index in [1.165, 1.54) is 18.3 Å². The van der Waals surface area contributed by atoms with Gasteiger partial charge in [-0.1, -0.05) is 0 Å². The normalized spacial score (nSPS) is 18.2. The first kappa shape index (κ1) is 16.5. The van der Waals surface area contributed by atoms with Crippen LogP contribution in [0.5, 0.6) is 5.88 Å². The molecule has 1 fully saturated rings. The molecular formula is C14H18F3N3O2. The van der Waals surface area contributed by atoms with Gasteiger partial charge >= 0.3 is 6.18 Å². The third-order valence-electron chi connectivity index (χ3n) is 3.35. The first-order valence-electron chi connectivity index (χ1n) is 7.08. The fourth-order valence-electron chi connectivity index (χ4n) is 2.21. The van der Waals surface area contributed by atoms with Crippen LogP contribution in [-0.2, 0) is 4.79 Å². The summed E-state index contributed by atoms with van der Waals surface area (Å²) >= 11 is 0. The molecular weight excluding hydrogens is 299 g/mol. The summed E-state index contributed by atoms with van der Waals surface area (Å²) in [4.78, 5) is 15.5. The van der Waals surface area contributed by atoms with Crippen LogP contribution in [0.1, 0.15) is 19.3 Å². The molecule has 5 nitrogen and oxygen atoms in total. The molecule has 0 radical (unpaired) electrons. The van der Waals surface area contributed by atoms with Gasteiger partial charge in [-0.25, -0.2) is 4.98 Å². The fourth-order valence-corrected chi connectivity index (χ4v) is 2.21. The minimum absolute atomic E-state index is 0.127. The molecule has 1 saturated heterocycles. The van der Waals surface area contributed by atoms with Gasteiger partial charge in [0, 0.05) is 12.5 Å². The largest absolute Gasteiger partial charge is 0.468 e. The Morgan fingerprint density at radius 3 is 2.86 bits per heavy atom. The molecule has 1 unspecified atom stereocenters. The smallest absolute Gasteiger partial charge is 0.422 e. The highest BCUT2D eigenvalue weighted by Gasteiger charge is 2.28. The monoisotopic (exact) mass is 317 g/mol. The standard InChI is InChI=1S/C14H18F3N3O2/c15-14(16,17)9-22-13-4-2-11(8-19-13)20-12(21)3-1-10-5-6-18-7-10/h2,4,8,10,18H,1,3,5-7,9H2,(H,20,21). The lowest BCUT2D eigenvalue weighted by Crippen LogP contribution is -2.19. The fraction of sp³-hybridized carbons (Fsp3) is 0.571. The van der Waals surface area contributed by atoms with Crippen molar-refractivity contribution >= 4 is 11.6 Å². The molecule has 0 aromatic carbocycles. The second-order valence-corrected chi connectivity index (χ2v) is 5.23. The molecule has 1 amide bonds. The van der Waals surface area contributed by atoms with Crippen LogP contribution in [0.4, 0.5) is 18.9 Å². The van der Waals surface area contributed by atoms with Crippen molar-refractivity contribution in [3.8, 4) is 5.88 Å². The second-order valence-electron chi connectivity index (χ2n) is 5.23. The number of anilines is 1. The molecule has 1 aliphatic heterocycles. The number of rotatable bonds is 6. The number of hydrogen-bond donors (Lipinski definition) is 2. The Labute approximate surface area is 126 Å². The van der Waals surface area contributed by atoms with Gasteiger partial charge in [-0.05, 0) is 37.9 Å². The van der Waals surface area contributed by atoms with Crippen molar-refractivity contribution in [2.75, 3.05) is 25.0 Å². The van der Waals surface area contributed by atoms with Crippen molar-refractivity contribution < 1.29 is 22.7 Å². The number of halogens is 3. The predicted octanol–water partition coefficient (Wildman–Crippen LogP) is 2.35. The number of ether oxygens (including phenoxy) is 1. The first-order chi connectivity index (χ1) is 10.4. The van der Waals surface area contributed by atoms with Gasteiger partial charge in [-0.15, -0.1) is 0 Å². The highest BCUT2D eigenvalue weighted by molar-refractivity contribution is 5.90. The summed E-state index contributed by atoms with van der Waals surface area (Å²) in [6, 6.07) is 2.76. The summed E-state index contributed by atoms with van der Waals surface area (Å²) < 4.78 is 40.5. The van der Waals surface area contributed by atoms with Gasteiger partial charge in [0.15, 0.2) is 6.61 Å². The number of alkyl halides is 3. The number of aromatic nitrogens is 1. The number of carbonyl (C=O) groups excluding carboxylic acids is 1. The van der Waals surface area contributed by atoms with Gasteiger partial charge < -0.3 is 15.4 Å². The molecule has 22 heavy (non-hydrogen) atoms. The van der Waals surface area contributed by atoms with E-state index >= 15 is 0 Å². The highest BCUT2D eigenvalue weighted by atomic mass is 19.4. The Kier molecular flexibility index (Phi) is 5.59. The van der Waals surface area contributed by atoms with Crippen molar-refractivity contribution in [2.45, 2.75) is 25.4 Å². The SMILES string of the molecule is O=C(CCC1CCNC1)Nc1ccc(OCC(F)(F)F)nc1. The molecule has 1 aromatic rings. The highest BCUT2D eigenvalue weighted by Crippen LogP contribution is 2.19. The van der Waals surface area contributed by atoms with E-state index < -0.39 is 12.8 Å². The average molecular weight is 317 g/mol. The topological polar surface area (TPSA) is 63.2 Å². The number of carbonyl (C=O) groups is 1. The minimum Gasteiger partial charge on any atom is -0.468 e. The Hall–Kier alpha value is -1.83. The molecule has 1 atom stereocenters. The first-order valence-corrected chi connectivity index (χ1v) is 7.08. The average Bonchev–Trinajstić information content (AvgIpc) is 2.97. The number of hydrogen-bond acceptors (Lipinski definition) is 4. The van der Waals surface area contributed by atoms with E-state index in [1.807, 2.05) is 0 Å². The van der Waals surface area contributed by atoms with Crippen molar-refractivity contribution in [1.82, 2.24) is 10.3 Å². The van der Waals surface area contributed by atoms with Crippen LogP contribution >= 0.6 is 0 Å². The van der Waals surface area contributed by atoms with Crippen molar-refractivity contribution in [2.24, 2.45) is 5.92 Å². The quantitative estimate of drug-likeness (QED) is 0.845. The minimum atomic E-state index is -4.40. The molecule has 8 heteroatoms. The number of nitrogens with zero attached hydrogens (tertiary/aromatic N) is 1. The molecule has 0 aliphatic carbocycles. The summed E-state index contributed by atoms with van der Waals surface area (Å²) in [5.41, 5.74) is 0.439. The summed E-state index contributed by atoms with van der Waals surface area (Å²) in [5, 5.41) is 5.90. The van der Waals surface area contributed by atoms with Crippen molar-refractivity contribution in [3.05, 3.63) is 18.3 Å². The van der Waals surface area contributed by atoms with E-state index in [2.05, 4.69) is 20.4 Å². The van der Waals surface area contributed by atoms with E-state index in [-0.39, 0.29) is 11.8 Å². The maximum atomic E-state index is 12.0. The van der Waals surface area contributed by atoms with Crippen LogP contribution in [0.25, 0.3) is 0 Å². The Bertz CT molecular complexity index is 485. The Balaban J connectivity index is 1.74. The number of pyridine rings is 1. The summed E-state index contributed by atoms with van der Waals surface area (Å²) in [5.74, 6) is 0.270. The zero-order valence-electron chi connectivity index (χ0n) is 11.9. The van der Waals surface area contributed by atoms with Crippen LogP contribution < -0.4 is 15.4 Å². The Morgan fingerprint density at radius 1 is 1.45 bits per heavy atom. The number of amides is 1. The Morgan fingerprint density at radius 2 is 2.27 bits per heavy atom. The lowest BCUT2D eigenvalue weighted by Gasteiger charge is -2.10. The van der Waals surface area contributed by atoms with Crippen molar-refractivity contribution in [1.29, 1.82) is 0 Å². The zero-order chi connectivity index (χ0) is 16.0. The van der Waals surface area contributed by atoms with E-state index in [1.54, 1.807) is 0 Å². The molecule has 1 aromatic heterocycles. The van der Waals surface area contributed by atoms with Gasteiger partial charge in [-0.3, -0.25) is 4.79 Å². The van der Waals surface area contributed by atoms with E-state index in [4.69, 9.17) is 0 Å².